The first-order chi connectivity index (χ1) is 10.9. The number of aromatic amines is 1. The van der Waals surface area contributed by atoms with Crippen molar-refractivity contribution in [3.8, 4) is 0 Å². The van der Waals surface area contributed by atoms with Gasteiger partial charge in [-0.05, 0) is 49.7 Å². The summed E-state index contributed by atoms with van der Waals surface area (Å²) in [6, 6.07) is 8.63. The molecule has 0 aliphatic carbocycles. The number of benzene rings is 1. The topological polar surface area (TPSA) is 75.1 Å². The number of nitrogens with one attached hydrogen (secondary N) is 2. The summed E-state index contributed by atoms with van der Waals surface area (Å²) in [7, 11) is 0. The molecule has 0 atom stereocenters. The Morgan fingerprint density at radius 1 is 1.26 bits per heavy atom. The number of furan rings is 1. The van der Waals surface area contributed by atoms with Gasteiger partial charge in [-0.1, -0.05) is 11.6 Å². The lowest BCUT2D eigenvalue weighted by Gasteiger charge is -2.06. The van der Waals surface area contributed by atoms with E-state index in [-0.39, 0.29) is 23.8 Å². The summed E-state index contributed by atoms with van der Waals surface area (Å²) in [4.78, 5) is 26.9. The summed E-state index contributed by atoms with van der Waals surface area (Å²) in [5, 5.41) is 4.04. The monoisotopic (exact) mass is 330 g/mol. The summed E-state index contributed by atoms with van der Waals surface area (Å²) >= 11 is 5.92. The van der Waals surface area contributed by atoms with Gasteiger partial charge in [-0.2, -0.15) is 0 Å². The lowest BCUT2D eigenvalue weighted by Crippen LogP contribution is -2.27. The fourth-order valence-electron chi connectivity index (χ4n) is 2.48. The fraction of sp³-hybridized carbons (Fsp3) is 0.176. The van der Waals surface area contributed by atoms with Crippen molar-refractivity contribution in [3.05, 3.63) is 68.3 Å². The van der Waals surface area contributed by atoms with Crippen LogP contribution in [0.5, 0.6) is 0 Å². The minimum Gasteiger partial charge on any atom is -0.451 e. The molecule has 6 heteroatoms. The number of rotatable bonds is 3. The van der Waals surface area contributed by atoms with Gasteiger partial charge >= 0.3 is 0 Å². The highest BCUT2D eigenvalue weighted by atomic mass is 35.5. The molecule has 3 rings (SSSR count). The Morgan fingerprint density at radius 3 is 2.78 bits per heavy atom. The number of hydrogen-bond acceptors (Lipinski definition) is 3. The maximum Gasteiger partial charge on any atom is 0.287 e. The van der Waals surface area contributed by atoms with Gasteiger partial charge in [0.25, 0.3) is 11.5 Å². The van der Waals surface area contributed by atoms with Crippen LogP contribution in [0.3, 0.4) is 0 Å². The van der Waals surface area contributed by atoms with Gasteiger partial charge in [0.15, 0.2) is 5.76 Å². The van der Waals surface area contributed by atoms with E-state index in [0.717, 1.165) is 16.6 Å². The molecule has 0 fully saturated rings. The van der Waals surface area contributed by atoms with Crippen LogP contribution in [0.15, 0.2) is 39.5 Å². The number of pyridine rings is 1. The average molecular weight is 331 g/mol. The smallest absolute Gasteiger partial charge is 0.287 e. The quantitative estimate of drug-likeness (QED) is 0.773. The van der Waals surface area contributed by atoms with Crippen molar-refractivity contribution in [3.63, 3.8) is 0 Å². The van der Waals surface area contributed by atoms with E-state index in [1.807, 2.05) is 19.9 Å². The summed E-state index contributed by atoms with van der Waals surface area (Å²) in [5.41, 5.74) is 2.55. The number of halogens is 1. The van der Waals surface area contributed by atoms with Gasteiger partial charge in [0.2, 0.25) is 0 Å². The molecule has 0 saturated carbocycles. The van der Waals surface area contributed by atoms with Gasteiger partial charge in [-0.3, -0.25) is 9.59 Å². The second-order valence-electron chi connectivity index (χ2n) is 5.42. The van der Waals surface area contributed by atoms with E-state index < -0.39 is 0 Å². The molecule has 23 heavy (non-hydrogen) atoms. The molecule has 2 aromatic heterocycles. The first-order valence-electron chi connectivity index (χ1n) is 7.11. The molecule has 1 amide bonds. The third kappa shape index (κ3) is 3.14. The number of aryl methyl sites for hydroxylation is 2. The Hall–Kier alpha value is -2.53. The summed E-state index contributed by atoms with van der Waals surface area (Å²) in [6.07, 6.45) is 0. The molecule has 0 radical (unpaired) electrons. The van der Waals surface area contributed by atoms with Crippen molar-refractivity contribution in [2.75, 3.05) is 0 Å². The summed E-state index contributed by atoms with van der Waals surface area (Å²) in [5.74, 6) is -0.194. The van der Waals surface area contributed by atoms with E-state index in [4.69, 9.17) is 16.0 Å². The van der Waals surface area contributed by atoms with Gasteiger partial charge in [0.05, 0.1) is 0 Å². The zero-order valence-corrected chi connectivity index (χ0v) is 13.5. The molecule has 118 valence electrons. The van der Waals surface area contributed by atoms with Gasteiger partial charge in [0.1, 0.15) is 5.58 Å². The zero-order valence-electron chi connectivity index (χ0n) is 12.7. The first-order valence-corrected chi connectivity index (χ1v) is 7.48. The number of H-pyrrole nitrogens is 1. The molecule has 0 bridgehead atoms. The normalized spacial score (nSPS) is 10.9. The molecule has 2 heterocycles. The highest BCUT2D eigenvalue weighted by Crippen LogP contribution is 2.23. The summed E-state index contributed by atoms with van der Waals surface area (Å²) < 4.78 is 5.50. The van der Waals surface area contributed by atoms with E-state index in [1.165, 1.54) is 0 Å². The minimum absolute atomic E-state index is 0.137. The number of amides is 1. The van der Waals surface area contributed by atoms with Crippen LogP contribution < -0.4 is 10.9 Å². The molecule has 3 aromatic rings. The van der Waals surface area contributed by atoms with Gasteiger partial charge in [-0.15, -0.1) is 0 Å². The van der Waals surface area contributed by atoms with Crippen LogP contribution in [0.25, 0.3) is 11.0 Å². The molecule has 0 saturated heterocycles. The van der Waals surface area contributed by atoms with Crippen molar-refractivity contribution in [1.29, 1.82) is 0 Å². The molecule has 0 aliphatic rings. The van der Waals surface area contributed by atoms with Crippen molar-refractivity contribution >= 4 is 28.5 Å². The maximum atomic E-state index is 12.2. The predicted molar refractivity (Wildman–Crippen MR) is 88.9 cm³/mol. The third-order valence-electron chi connectivity index (χ3n) is 3.62. The summed E-state index contributed by atoms with van der Waals surface area (Å²) in [6.45, 7) is 3.79. The molecule has 0 aliphatic heterocycles. The van der Waals surface area contributed by atoms with E-state index in [2.05, 4.69) is 10.3 Å². The Bertz CT molecular complexity index is 956. The molecular weight excluding hydrogens is 316 g/mol. The molecule has 0 spiro atoms. The standard InChI is InChI=1S/C17H15ClN2O3/c1-9-5-10(2)20-16(21)13(9)8-19-17(22)15-7-11-6-12(18)3-4-14(11)23-15/h3-7H,8H2,1-2H3,(H,19,22)(H,20,21). The number of carbonyl (C=O) groups excluding carboxylic acids is 1. The molecule has 1 aromatic carbocycles. The largest absolute Gasteiger partial charge is 0.451 e. The zero-order chi connectivity index (χ0) is 16.6. The van der Waals surface area contributed by atoms with Crippen LogP contribution >= 0.6 is 11.6 Å². The Balaban J connectivity index is 1.80. The van der Waals surface area contributed by atoms with Gasteiger partial charge in [-0.25, -0.2) is 0 Å². The van der Waals surface area contributed by atoms with Crippen molar-refractivity contribution in [2.45, 2.75) is 20.4 Å². The lowest BCUT2D eigenvalue weighted by atomic mass is 10.1. The van der Waals surface area contributed by atoms with E-state index in [0.29, 0.717) is 16.2 Å². The van der Waals surface area contributed by atoms with Gasteiger partial charge < -0.3 is 14.7 Å². The van der Waals surface area contributed by atoms with E-state index >= 15 is 0 Å². The van der Waals surface area contributed by atoms with Gasteiger partial charge in [0, 0.05) is 28.2 Å². The minimum atomic E-state index is -0.378. The Morgan fingerprint density at radius 2 is 2.04 bits per heavy atom. The van der Waals surface area contributed by atoms with Crippen LogP contribution in [0.4, 0.5) is 0 Å². The number of carbonyl (C=O) groups is 1. The second kappa shape index (κ2) is 5.93. The van der Waals surface area contributed by atoms with E-state index in [9.17, 15) is 9.59 Å². The fourth-order valence-corrected chi connectivity index (χ4v) is 2.66. The SMILES string of the molecule is Cc1cc(C)c(CNC(=O)c2cc3cc(Cl)ccc3o2)c(=O)[nH]1. The van der Waals surface area contributed by atoms with E-state index in [1.54, 1.807) is 24.3 Å². The maximum absolute atomic E-state index is 12.2. The first kappa shape index (κ1) is 15.4. The Kier molecular flexibility index (Phi) is 3.96. The highest BCUT2D eigenvalue weighted by Gasteiger charge is 2.14. The predicted octanol–water partition coefficient (Wildman–Crippen LogP) is 3.32. The van der Waals surface area contributed by atoms with Crippen LogP contribution in [0.1, 0.15) is 27.4 Å². The van der Waals surface area contributed by atoms with Crippen LogP contribution in [-0.4, -0.2) is 10.9 Å². The number of aromatic nitrogens is 1. The number of hydrogen-bond donors (Lipinski definition) is 2. The highest BCUT2D eigenvalue weighted by molar-refractivity contribution is 6.31. The molecule has 2 N–H and O–H groups in total. The molecule has 5 nitrogen and oxygen atoms in total. The lowest BCUT2D eigenvalue weighted by molar-refractivity contribution is 0.0925. The van der Waals surface area contributed by atoms with Crippen LogP contribution in [-0.2, 0) is 6.54 Å². The van der Waals surface area contributed by atoms with Crippen molar-refractivity contribution in [2.24, 2.45) is 0 Å². The van der Waals surface area contributed by atoms with Crippen LogP contribution in [0, 0.1) is 13.8 Å². The average Bonchev–Trinajstić information content (AvgIpc) is 2.88. The third-order valence-corrected chi connectivity index (χ3v) is 3.86. The Labute approximate surface area is 137 Å². The molecule has 0 unspecified atom stereocenters. The number of fused-ring (bicyclic) bond motifs is 1. The van der Waals surface area contributed by atoms with Crippen molar-refractivity contribution < 1.29 is 9.21 Å². The molecular formula is C17H15ClN2O3. The van der Waals surface area contributed by atoms with Crippen molar-refractivity contribution in [1.82, 2.24) is 10.3 Å². The van der Waals surface area contributed by atoms with Crippen LogP contribution in [0.2, 0.25) is 5.02 Å². The second-order valence-corrected chi connectivity index (χ2v) is 5.85.